The molecule has 0 spiro atoms. The molecule has 0 atom stereocenters. The molecule has 222 valence electrons. The van der Waals surface area contributed by atoms with Gasteiger partial charge in [0.1, 0.15) is 11.5 Å². The Morgan fingerprint density at radius 2 is 0.909 bits per heavy atom. The summed E-state index contributed by atoms with van der Waals surface area (Å²) in [4.78, 5) is 25.7. The molecule has 8 heteroatoms. The van der Waals surface area contributed by atoms with Crippen LogP contribution in [0.2, 0.25) is 0 Å². The molecule has 0 aromatic heterocycles. The monoisotopic (exact) mass is 712 g/mol. The highest BCUT2D eigenvalue weighted by molar-refractivity contribution is 9.10. The second-order valence-corrected chi connectivity index (χ2v) is 11.7. The molecule has 0 saturated carbocycles. The number of rotatable bonds is 12. The highest BCUT2D eigenvalue weighted by Crippen LogP contribution is 2.28. The van der Waals surface area contributed by atoms with Crippen molar-refractivity contribution in [3.05, 3.63) is 153 Å². The lowest BCUT2D eigenvalue weighted by molar-refractivity contribution is 0.101. The van der Waals surface area contributed by atoms with E-state index in [9.17, 15) is 9.59 Å². The van der Waals surface area contributed by atoms with Crippen LogP contribution in [-0.4, -0.2) is 25.0 Å². The minimum absolute atomic E-state index is 0.255. The topological polar surface area (TPSA) is 76.7 Å². The van der Waals surface area contributed by atoms with Gasteiger partial charge < -0.3 is 20.1 Å². The van der Waals surface area contributed by atoms with Crippen LogP contribution < -0.4 is 20.1 Å². The highest BCUT2D eigenvalue weighted by Gasteiger charge is 2.12. The number of amides is 2. The number of hydrogen-bond acceptors (Lipinski definition) is 4. The average molecular weight is 714 g/mol. The van der Waals surface area contributed by atoms with E-state index in [1.807, 2.05) is 36.4 Å². The van der Waals surface area contributed by atoms with Crippen LogP contribution in [0.25, 0.3) is 0 Å². The molecule has 44 heavy (non-hydrogen) atoms. The molecule has 5 aromatic carbocycles. The maximum absolute atomic E-state index is 12.9. The summed E-state index contributed by atoms with van der Waals surface area (Å²) in [7, 11) is 0. The summed E-state index contributed by atoms with van der Waals surface area (Å²) >= 11 is 7.02. The van der Waals surface area contributed by atoms with Gasteiger partial charge in [-0.2, -0.15) is 0 Å². The lowest BCUT2D eigenvalue weighted by Gasteiger charge is -2.12. The van der Waals surface area contributed by atoms with Gasteiger partial charge >= 0.3 is 0 Å². The molecule has 0 aliphatic carbocycles. The van der Waals surface area contributed by atoms with Crippen molar-refractivity contribution in [2.45, 2.75) is 12.8 Å². The number of nitrogens with one attached hydrogen (secondary N) is 2. The first kappa shape index (κ1) is 31.0. The lowest BCUT2D eigenvalue weighted by Crippen LogP contribution is -2.13. The molecule has 0 aliphatic rings. The molecule has 5 rings (SSSR count). The zero-order valence-corrected chi connectivity index (χ0v) is 26.9. The second kappa shape index (κ2) is 15.4. The Morgan fingerprint density at radius 3 is 1.27 bits per heavy atom. The Kier molecular flexibility index (Phi) is 10.8. The van der Waals surface area contributed by atoms with Gasteiger partial charge in [0, 0.05) is 35.3 Å². The SMILES string of the molecule is O=C(Nc1ccc(NC(=O)c2ccc(OCCc3ccccc3)c(Br)c2)cc1)c1ccc(OCCc2ccccc2)c(Br)c1. The lowest BCUT2D eigenvalue weighted by atomic mass is 10.1. The molecule has 0 radical (unpaired) electrons. The Balaban J connectivity index is 1.10. The van der Waals surface area contributed by atoms with E-state index >= 15 is 0 Å². The van der Waals surface area contributed by atoms with E-state index in [0.29, 0.717) is 56.2 Å². The first-order chi connectivity index (χ1) is 21.4. The molecular weight excluding hydrogens is 684 g/mol. The average Bonchev–Trinajstić information content (AvgIpc) is 3.04. The summed E-state index contributed by atoms with van der Waals surface area (Å²) in [6, 6.07) is 37.7. The number of halogens is 2. The number of carbonyl (C=O) groups excluding carboxylic acids is 2. The molecule has 0 unspecified atom stereocenters. The van der Waals surface area contributed by atoms with E-state index < -0.39 is 0 Å². The first-order valence-electron chi connectivity index (χ1n) is 14.1. The molecule has 0 saturated heterocycles. The Labute approximate surface area is 273 Å². The molecular formula is C36H30Br2N2O4. The quantitative estimate of drug-likeness (QED) is 0.135. The number of hydrogen-bond donors (Lipinski definition) is 2. The first-order valence-corrected chi connectivity index (χ1v) is 15.7. The molecule has 0 fully saturated rings. The zero-order valence-electron chi connectivity index (χ0n) is 23.8. The Hall–Kier alpha value is -4.40. The van der Waals surface area contributed by atoms with Crippen LogP contribution in [0.3, 0.4) is 0 Å². The molecule has 0 heterocycles. The smallest absolute Gasteiger partial charge is 0.255 e. The minimum atomic E-state index is -0.255. The third-order valence-electron chi connectivity index (χ3n) is 6.77. The van der Waals surface area contributed by atoms with Gasteiger partial charge in [-0.3, -0.25) is 9.59 Å². The molecule has 5 aromatic rings. The van der Waals surface area contributed by atoms with E-state index in [1.165, 1.54) is 11.1 Å². The second-order valence-electron chi connectivity index (χ2n) is 9.94. The third-order valence-corrected chi connectivity index (χ3v) is 8.01. The van der Waals surface area contributed by atoms with Gasteiger partial charge in [0.2, 0.25) is 0 Å². The van der Waals surface area contributed by atoms with E-state index in [0.717, 1.165) is 12.8 Å². The number of ether oxygens (including phenoxy) is 2. The summed E-state index contributed by atoms with van der Waals surface area (Å²) in [5.74, 6) is 0.841. The van der Waals surface area contributed by atoms with Gasteiger partial charge in [0.05, 0.1) is 22.2 Å². The predicted octanol–water partition coefficient (Wildman–Crippen LogP) is 8.96. The Morgan fingerprint density at radius 1 is 0.523 bits per heavy atom. The van der Waals surface area contributed by atoms with Crippen molar-refractivity contribution in [3.8, 4) is 11.5 Å². The predicted molar refractivity (Wildman–Crippen MR) is 182 cm³/mol. The normalized spacial score (nSPS) is 10.6. The van der Waals surface area contributed by atoms with Crippen LogP contribution in [0.1, 0.15) is 31.8 Å². The summed E-state index contributed by atoms with van der Waals surface area (Å²) in [5.41, 5.74) is 4.59. The van der Waals surface area contributed by atoms with Crippen molar-refractivity contribution in [2.24, 2.45) is 0 Å². The van der Waals surface area contributed by atoms with Gasteiger partial charge in [-0.05, 0) is 104 Å². The number of anilines is 2. The van der Waals surface area contributed by atoms with Crippen LogP contribution in [0.4, 0.5) is 11.4 Å². The van der Waals surface area contributed by atoms with Crippen molar-refractivity contribution < 1.29 is 19.1 Å². The van der Waals surface area contributed by atoms with Crippen molar-refractivity contribution >= 4 is 55.0 Å². The van der Waals surface area contributed by atoms with Gasteiger partial charge in [0.25, 0.3) is 11.8 Å². The molecule has 6 nitrogen and oxygen atoms in total. The summed E-state index contributed by atoms with van der Waals surface area (Å²) in [6.45, 7) is 1.06. The molecule has 0 bridgehead atoms. The van der Waals surface area contributed by atoms with E-state index in [-0.39, 0.29) is 11.8 Å². The molecule has 2 N–H and O–H groups in total. The molecule has 0 aliphatic heterocycles. The summed E-state index contributed by atoms with van der Waals surface area (Å²) in [6.07, 6.45) is 1.58. The van der Waals surface area contributed by atoms with Gasteiger partial charge in [-0.25, -0.2) is 0 Å². The largest absolute Gasteiger partial charge is 0.492 e. The van der Waals surface area contributed by atoms with Crippen LogP contribution in [0.15, 0.2) is 130 Å². The highest BCUT2D eigenvalue weighted by atomic mass is 79.9. The summed E-state index contributed by atoms with van der Waals surface area (Å²) in [5, 5.41) is 5.78. The summed E-state index contributed by atoms with van der Waals surface area (Å²) < 4.78 is 13.2. The van der Waals surface area contributed by atoms with E-state index in [2.05, 4.69) is 66.8 Å². The van der Waals surface area contributed by atoms with Crippen molar-refractivity contribution in [3.63, 3.8) is 0 Å². The van der Waals surface area contributed by atoms with Crippen LogP contribution >= 0.6 is 31.9 Å². The Bertz CT molecular complexity index is 1580. The fourth-order valence-electron chi connectivity index (χ4n) is 4.41. The van der Waals surface area contributed by atoms with Crippen LogP contribution in [0.5, 0.6) is 11.5 Å². The van der Waals surface area contributed by atoms with Crippen LogP contribution in [0, 0.1) is 0 Å². The van der Waals surface area contributed by atoms with Crippen molar-refractivity contribution in [1.29, 1.82) is 0 Å². The third kappa shape index (κ3) is 8.81. The maximum Gasteiger partial charge on any atom is 0.255 e. The van der Waals surface area contributed by atoms with E-state index in [1.54, 1.807) is 60.7 Å². The van der Waals surface area contributed by atoms with Gasteiger partial charge in [0.15, 0.2) is 0 Å². The van der Waals surface area contributed by atoms with Crippen molar-refractivity contribution in [2.75, 3.05) is 23.8 Å². The molecule has 2 amide bonds. The van der Waals surface area contributed by atoms with Gasteiger partial charge in [-0.1, -0.05) is 60.7 Å². The standard InChI is InChI=1S/C36H30Br2N2O4/c37-31-23-27(11-17-33(31)43-21-19-25-7-3-1-4-8-25)35(41)39-29-13-15-30(16-14-29)40-36(42)28-12-18-34(32(38)24-28)44-22-20-26-9-5-2-6-10-26/h1-18,23-24H,19-22H2,(H,39,41)(H,40,42). The van der Waals surface area contributed by atoms with Crippen molar-refractivity contribution in [1.82, 2.24) is 0 Å². The number of carbonyl (C=O) groups is 2. The number of benzene rings is 5. The zero-order chi connectivity index (χ0) is 30.7. The minimum Gasteiger partial charge on any atom is -0.492 e. The maximum atomic E-state index is 12.9. The fraction of sp³-hybridized carbons (Fsp3) is 0.111. The van der Waals surface area contributed by atoms with Crippen LogP contribution in [-0.2, 0) is 12.8 Å². The van der Waals surface area contributed by atoms with Gasteiger partial charge in [-0.15, -0.1) is 0 Å². The fourth-order valence-corrected chi connectivity index (χ4v) is 5.40. The van der Waals surface area contributed by atoms with E-state index in [4.69, 9.17) is 9.47 Å².